The second-order valence-electron chi connectivity index (χ2n) is 3.97. The molecule has 15 heavy (non-hydrogen) atoms. The van der Waals surface area contributed by atoms with E-state index in [1.165, 1.54) is 5.56 Å². The number of hydrogen-bond donors (Lipinski definition) is 2. The molecule has 2 rings (SSSR count). The first-order chi connectivity index (χ1) is 7.29. The number of rotatable bonds is 2. The van der Waals surface area contributed by atoms with Gasteiger partial charge in [-0.2, -0.15) is 0 Å². The minimum atomic E-state index is -0.188. The zero-order chi connectivity index (χ0) is 10.7. The Bertz CT molecular complexity index is 319. The normalized spacial score (nSPS) is 26.3. The van der Waals surface area contributed by atoms with E-state index in [1.807, 2.05) is 12.1 Å². The summed E-state index contributed by atoms with van der Waals surface area (Å²) in [5, 5.41) is 12.7. The summed E-state index contributed by atoms with van der Waals surface area (Å²) in [6, 6.07) is 8.44. The maximum atomic E-state index is 9.39. The predicted octanol–water partition coefficient (Wildman–Crippen LogP) is 1.48. The third-order valence-corrected chi connectivity index (χ3v) is 2.88. The van der Waals surface area contributed by atoms with Crippen LogP contribution in [0.5, 0.6) is 5.75 Å². The number of aliphatic hydroxyl groups is 1. The Balaban J connectivity index is 2.08. The topological polar surface area (TPSA) is 41.5 Å². The molecule has 0 amide bonds. The van der Waals surface area contributed by atoms with E-state index in [9.17, 15) is 5.11 Å². The molecule has 2 N–H and O–H groups in total. The van der Waals surface area contributed by atoms with Crippen LogP contribution in [-0.4, -0.2) is 24.9 Å². The number of benzene rings is 1. The fourth-order valence-corrected chi connectivity index (χ4v) is 1.98. The van der Waals surface area contributed by atoms with Crippen molar-refractivity contribution in [3.63, 3.8) is 0 Å². The van der Waals surface area contributed by atoms with E-state index < -0.39 is 0 Å². The first kappa shape index (κ1) is 10.5. The second kappa shape index (κ2) is 4.64. The molecule has 1 fully saturated rings. The average molecular weight is 207 g/mol. The van der Waals surface area contributed by atoms with E-state index >= 15 is 0 Å². The van der Waals surface area contributed by atoms with Crippen molar-refractivity contribution in [1.82, 2.24) is 5.32 Å². The third-order valence-electron chi connectivity index (χ3n) is 2.88. The third kappa shape index (κ3) is 2.49. The van der Waals surface area contributed by atoms with Gasteiger partial charge in [-0.15, -0.1) is 0 Å². The van der Waals surface area contributed by atoms with E-state index in [0.29, 0.717) is 12.6 Å². The molecule has 3 heteroatoms. The molecule has 1 saturated heterocycles. The SMILES string of the molecule is COc1cccc(C2CCC(O)CN2)c1. The molecular weight excluding hydrogens is 190 g/mol. The Morgan fingerprint density at radius 1 is 1.40 bits per heavy atom. The van der Waals surface area contributed by atoms with Crippen LogP contribution >= 0.6 is 0 Å². The zero-order valence-corrected chi connectivity index (χ0v) is 8.94. The summed E-state index contributed by atoms with van der Waals surface area (Å²) < 4.78 is 5.19. The smallest absolute Gasteiger partial charge is 0.119 e. The van der Waals surface area contributed by atoms with E-state index in [-0.39, 0.29) is 6.10 Å². The molecule has 0 aromatic heterocycles. The predicted molar refractivity (Wildman–Crippen MR) is 59.0 cm³/mol. The van der Waals surface area contributed by atoms with Crippen molar-refractivity contribution in [2.75, 3.05) is 13.7 Å². The van der Waals surface area contributed by atoms with Crippen molar-refractivity contribution in [1.29, 1.82) is 0 Å². The van der Waals surface area contributed by atoms with Crippen molar-refractivity contribution >= 4 is 0 Å². The molecule has 1 heterocycles. The summed E-state index contributed by atoms with van der Waals surface area (Å²) >= 11 is 0. The average Bonchev–Trinajstić information content (AvgIpc) is 2.30. The van der Waals surface area contributed by atoms with Crippen molar-refractivity contribution in [3.8, 4) is 5.75 Å². The second-order valence-corrected chi connectivity index (χ2v) is 3.97. The van der Waals surface area contributed by atoms with Gasteiger partial charge in [0.1, 0.15) is 5.75 Å². The Kier molecular flexibility index (Phi) is 3.23. The van der Waals surface area contributed by atoms with Crippen LogP contribution in [0.4, 0.5) is 0 Å². The van der Waals surface area contributed by atoms with Crippen molar-refractivity contribution in [2.24, 2.45) is 0 Å². The first-order valence-electron chi connectivity index (χ1n) is 5.35. The van der Waals surface area contributed by atoms with E-state index in [4.69, 9.17) is 4.74 Å². The lowest BCUT2D eigenvalue weighted by atomic mass is 9.96. The lowest BCUT2D eigenvalue weighted by molar-refractivity contribution is 0.126. The van der Waals surface area contributed by atoms with Gasteiger partial charge in [0.2, 0.25) is 0 Å². The maximum absolute atomic E-state index is 9.39. The van der Waals surface area contributed by atoms with Gasteiger partial charge in [-0.05, 0) is 30.5 Å². The maximum Gasteiger partial charge on any atom is 0.119 e. The Morgan fingerprint density at radius 2 is 2.27 bits per heavy atom. The number of nitrogens with one attached hydrogen (secondary N) is 1. The quantitative estimate of drug-likeness (QED) is 0.772. The van der Waals surface area contributed by atoms with Crippen LogP contribution in [0.2, 0.25) is 0 Å². The number of β-amino-alcohol motifs (C(OH)–C–C–N with tert-alkyl or cyclic N) is 1. The van der Waals surface area contributed by atoms with Gasteiger partial charge in [0.15, 0.2) is 0 Å². The van der Waals surface area contributed by atoms with Crippen LogP contribution in [0.25, 0.3) is 0 Å². The standard InChI is InChI=1S/C12H17NO2/c1-15-11-4-2-3-9(7-11)12-6-5-10(14)8-13-12/h2-4,7,10,12-14H,5-6,8H2,1H3. The zero-order valence-electron chi connectivity index (χ0n) is 8.94. The summed E-state index contributed by atoms with van der Waals surface area (Å²) in [4.78, 5) is 0. The summed E-state index contributed by atoms with van der Waals surface area (Å²) in [7, 11) is 1.68. The Hall–Kier alpha value is -1.06. The molecule has 3 nitrogen and oxygen atoms in total. The van der Waals surface area contributed by atoms with Crippen LogP contribution < -0.4 is 10.1 Å². The molecule has 1 aliphatic heterocycles. The Morgan fingerprint density at radius 3 is 2.93 bits per heavy atom. The molecule has 1 aromatic carbocycles. The molecule has 1 aliphatic rings. The van der Waals surface area contributed by atoms with Gasteiger partial charge in [0.25, 0.3) is 0 Å². The van der Waals surface area contributed by atoms with Gasteiger partial charge in [-0.3, -0.25) is 0 Å². The first-order valence-corrected chi connectivity index (χ1v) is 5.35. The Labute approximate surface area is 90.1 Å². The molecule has 82 valence electrons. The molecule has 0 bridgehead atoms. The molecule has 0 radical (unpaired) electrons. The summed E-state index contributed by atoms with van der Waals surface area (Å²) in [6.07, 6.45) is 1.66. The van der Waals surface area contributed by atoms with Gasteiger partial charge in [0.05, 0.1) is 13.2 Å². The van der Waals surface area contributed by atoms with Gasteiger partial charge in [-0.1, -0.05) is 12.1 Å². The fourth-order valence-electron chi connectivity index (χ4n) is 1.98. The van der Waals surface area contributed by atoms with Crippen LogP contribution in [0.1, 0.15) is 24.4 Å². The van der Waals surface area contributed by atoms with Crippen LogP contribution in [0.3, 0.4) is 0 Å². The van der Waals surface area contributed by atoms with Crippen LogP contribution in [-0.2, 0) is 0 Å². The van der Waals surface area contributed by atoms with Gasteiger partial charge in [-0.25, -0.2) is 0 Å². The largest absolute Gasteiger partial charge is 0.497 e. The molecule has 2 atom stereocenters. The number of ether oxygens (including phenoxy) is 1. The highest BCUT2D eigenvalue weighted by molar-refractivity contribution is 5.30. The lowest BCUT2D eigenvalue weighted by Gasteiger charge is -2.27. The van der Waals surface area contributed by atoms with Crippen molar-refractivity contribution in [2.45, 2.75) is 25.0 Å². The highest BCUT2D eigenvalue weighted by Crippen LogP contribution is 2.25. The number of piperidine rings is 1. The van der Waals surface area contributed by atoms with Gasteiger partial charge in [0, 0.05) is 12.6 Å². The molecular formula is C12H17NO2. The highest BCUT2D eigenvalue weighted by Gasteiger charge is 2.19. The summed E-state index contributed by atoms with van der Waals surface area (Å²) in [5.41, 5.74) is 1.24. The van der Waals surface area contributed by atoms with Crippen LogP contribution in [0, 0.1) is 0 Å². The minimum absolute atomic E-state index is 0.188. The van der Waals surface area contributed by atoms with E-state index in [1.54, 1.807) is 7.11 Å². The highest BCUT2D eigenvalue weighted by atomic mass is 16.5. The molecule has 2 unspecified atom stereocenters. The monoisotopic (exact) mass is 207 g/mol. The molecule has 0 saturated carbocycles. The summed E-state index contributed by atoms with van der Waals surface area (Å²) in [6.45, 7) is 0.682. The van der Waals surface area contributed by atoms with Gasteiger partial charge >= 0.3 is 0 Å². The van der Waals surface area contributed by atoms with Crippen LogP contribution in [0.15, 0.2) is 24.3 Å². The molecule has 0 aliphatic carbocycles. The number of methoxy groups -OCH3 is 1. The van der Waals surface area contributed by atoms with Crippen molar-refractivity contribution < 1.29 is 9.84 Å². The number of aliphatic hydroxyl groups excluding tert-OH is 1. The molecule has 0 spiro atoms. The van der Waals surface area contributed by atoms with E-state index in [0.717, 1.165) is 18.6 Å². The van der Waals surface area contributed by atoms with Crippen molar-refractivity contribution in [3.05, 3.63) is 29.8 Å². The molecule has 1 aromatic rings. The summed E-state index contributed by atoms with van der Waals surface area (Å²) in [5.74, 6) is 0.889. The van der Waals surface area contributed by atoms with Gasteiger partial charge < -0.3 is 15.2 Å². The van der Waals surface area contributed by atoms with E-state index in [2.05, 4.69) is 17.4 Å². The fraction of sp³-hybridized carbons (Fsp3) is 0.500. The number of hydrogen-bond acceptors (Lipinski definition) is 3. The minimum Gasteiger partial charge on any atom is -0.497 e. The lowest BCUT2D eigenvalue weighted by Crippen LogP contribution is -2.36.